The van der Waals surface area contributed by atoms with Gasteiger partial charge in [0.15, 0.2) is 0 Å². The largest absolute Gasteiger partial charge is 0.304 e. The molecule has 0 radical (unpaired) electrons. The Kier molecular flexibility index (Phi) is 18.5. The topological polar surface area (TPSA) is 12.1 Å². The molecule has 3 aromatic rings. The Morgan fingerprint density at radius 3 is 1.66 bits per heavy atom. The minimum Gasteiger partial charge on any atom is -0.304 e. The molecule has 0 saturated carbocycles. The molecule has 0 unspecified atom stereocenters. The normalized spacial score (nSPS) is 10.9. The van der Waals surface area contributed by atoms with Crippen molar-refractivity contribution in [2.75, 3.05) is 19.6 Å². The fraction of sp³-hybridized carbons (Fsp3) is 0.656. The summed E-state index contributed by atoms with van der Waals surface area (Å²) in [5, 5.41) is 0. The molecular formula is C32H55BrN3S2+. The number of halogens is 1. The molecule has 0 saturated heterocycles. The van der Waals surface area contributed by atoms with E-state index in [1.165, 1.54) is 103 Å². The van der Waals surface area contributed by atoms with Crippen LogP contribution < -0.4 is 4.57 Å². The Morgan fingerprint density at radius 2 is 1.24 bits per heavy atom. The molecular weight excluding hydrogens is 570 g/mol. The molecule has 0 amide bonds. The van der Waals surface area contributed by atoms with Gasteiger partial charge in [-0.1, -0.05) is 33.1 Å². The lowest BCUT2D eigenvalue weighted by Gasteiger charge is -2.17. The van der Waals surface area contributed by atoms with Gasteiger partial charge in [0.1, 0.15) is 12.4 Å². The molecule has 0 N–H and O–H groups in total. The quantitative estimate of drug-likeness (QED) is 0.114. The Labute approximate surface area is 253 Å². The molecule has 0 aliphatic rings. The van der Waals surface area contributed by atoms with E-state index in [2.05, 4.69) is 93.5 Å². The van der Waals surface area contributed by atoms with Crippen LogP contribution in [0.25, 0.3) is 0 Å². The van der Waals surface area contributed by atoms with Crippen molar-refractivity contribution in [1.82, 2.24) is 9.47 Å². The van der Waals surface area contributed by atoms with Crippen LogP contribution in [0.5, 0.6) is 0 Å². The highest BCUT2D eigenvalue weighted by atomic mass is 79.9. The van der Waals surface area contributed by atoms with Gasteiger partial charge < -0.3 is 4.90 Å². The summed E-state index contributed by atoms with van der Waals surface area (Å²) in [6.07, 6.45) is 19.7. The van der Waals surface area contributed by atoms with E-state index in [0.29, 0.717) is 0 Å². The zero-order valence-electron chi connectivity index (χ0n) is 25.4. The molecule has 0 aliphatic carbocycles. The van der Waals surface area contributed by atoms with Gasteiger partial charge >= 0.3 is 0 Å². The highest BCUT2D eigenvalue weighted by Crippen LogP contribution is 2.23. The van der Waals surface area contributed by atoms with E-state index in [1.54, 1.807) is 11.1 Å². The van der Waals surface area contributed by atoms with Crippen molar-refractivity contribution < 1.29 is 4.57 Å². The minimum atomic E-state index is 0. The van der Waals surface area contributed by atoms with Gasteiger partial charge in [-0.05, 0) is 116 Å². The van der Waals surface area contributed by atoms with Crippen LogP contribution in [0.15, 0.2) is 30.9 Å². The first-order chi connectivity index (χ1) is 17.8. The lowest BCUT2D eigenvalue weighted by Crippen LogP contribution is -2.23. The number of thiophene rings is 2. The lowest BCUT2D eigenvalue weighted by atomic mass is 10.1. The van der Waals surface area contributed by atoms with Gasteiger partial charge in [-0.15, -0.1) is 39.7 Å². The average molecular weight is 626 g/mol. The summed E-state index contributed by atoms with van der Waals surface area (Å²) in [5.74, 6) is 0. The van der Waals surface area contributed by atoms with Crippen LogP contribution in [-0.4, -0.2) is 29.1 Å². The summed E-state index contributed by atoms with van der Waals surface area (Å²) in [6, 6.07) is 4.73. The van der Waals surface area contributed by atoms with E-state index in [9.17, 15) is 0 Å². The molecule has 3 aromatic heterocycles. The molecule has 3 rings (SSSR count). The smallest absolute Gasteiger partial charge is 0.243 e. The Bertz CT molecular complexity index is 1000. The summed E-state index contributed by atoms with van der Waals surface area (Å²) >= 11 is 3.87. The highest BCUT2D eigenvalue weighted by Gasteiger charge is 2.04. The molecule has 0 aliphatic heterocycles. The zero-order valence-corrected chi connectivity index (χ0v) is 28.7. The average Bonchev–Trinajstić information content (AvgIpc) is 3.53. The molecule has 0 atom stereocenters. The number of rotatable bonds is 16. The standard InChI is InChI=1S/C16H25N2S.C16H29NS.BrH/c1-14-12-16(15(2)19-14)8-6-4-5-7-9-18-11-10-17(3)13-18;1-5-17(6-2)12-10-8-7-9-11-16-13-14(3)18-15(16)4;/h10-13H,4-9H2,1-3H3;13H,5-12H2,1-4H3;1H/q+1;;. The van der Waals surface area contributed by atoms with Crippen molar-refractivity contribution in [1.29, 1.82) is 0 Å². The fourth-order valence-electron chi connectivity index (χ4n) is 5.00. The van der Waals surface area contributed by atoms with Crippen LogP contribution >= 0.6 is 39.7 Å². The predicted molar refractivity (Wildman–Crippen MR) is 176 cm³/mol. The third-order valence-corrected chi connectivity index (χ3v) is 9.31. The zero-order chi connectivity index (χ0) is 27.0. The second-order valence-corrected chi connectivity index (χ2v) is 13.5. The summed E-state index contributed by atoms with van der Waals surface area (Å²) in [6.45, 7) is 18.3. The summed E-state index contributed by atoms with van der Waals surface area (Å²) in [4.78, 5) is 8.47. The van der Waals surface area contributed by atoms with E-state index >= 15 is 0 Å². The molecule has 0 spiro atoms. The third-order valence-electron chi connectivity index (χ3n) is 7.29. The summed E-state index contributed by atoms with van der Waals surface area (Å²) in [5.41, 5.74) is 3.15. The Hall–Kier alpha value is -0.950. The number of imidazole rings is 1. The Balaban J connectivity index is 0.000000371. The van der Waals surface area contributed by atoms with Crippen molar-refractivity contribution in [3.05, 3.63) is 61.5 Å². The number of unbranched alkanes of at least 4 members (excludes halogenated alkanes) is 6. The van der Waals surface area contributed by atoms with E-state index < -0.39 is 0 Å². The fourth-order valence-corrected chi connectivity index (χ4v) is 6.96. The third kappa shape index (κ3) is 13.9. The molecule has 0 fully saturated rings. The van der Waals surface area contributed by atoms with Gasteiger partial charge in [0.25, 0.3) is 0 Å². The summed E-state index contributed by atoms with van der Waals surface area (Å²) in [7, 11) is 2.07. The molecule has 38 heavy (non-hydrogen) atoms. The number of hydrogen-bond acceptors (Lipinski definition) is 3. The predicted octanol–water partition coefficient (Wildman–Crippen LogP) is 9.18. The van der Waals surface area contributed by atoms with Crippen molar-refractivity contribution in [2.45, 2.75) is 112 Å². The maximum Gasteiger partial charge on any atom is 0.243 e. The number of aromatic nitrogens is 2. The second-order valence-electron chi connectivity index (χ2n) is 10.5. The van der Waals surface area contributed by atoms with E-state index in [1.807, 2.05) is 22.7 Å². The van der Waals surface area contributed by atoms with Crippen molar-refractivity contribution in [2.24, 2.45) is 7.05 Å². The summed E-state index contributed by atoms with van der Waals surface area (Å²) < 4.78 is 4.37. The van der Waals surface area contributed by atoms with Crippen LogP contribution in [0.4, 0.5) is 0 Å². The van der Waals surface area contributed by atoms with Crippen LogP contribution in [0.1, 0.15) is 95.8 Å². The van der Waals surface area contributed by atoms with Gasteiger partial charge in [-0.25, -0.2) is 9.13 Å². The van der Waals surface area contributed by atoms with Gasteiger partial charge in [0.05, 0.1) is 13.6 Å². The van der Waals surface area contributed by atoms with Crippen LogP contribution in [0, 0.1) is 27.7 Å². The molecule has 3 heterocycles. The van der Waals surface area contributed by atoms with E-state index in [4.69, 9.17) is 0 Å². The first-order valence-corrected chi connectivity index (χ1v) is 16.3. The molecule has 216 valence electrons. The van der Waals surface area contributed by atoms with Gasteiger partial charge in [0, 0.05) is 19.5 Å². The maximum atomic E-state index is 2.52. The van der Waals surface area contributed by atoms with E-state index in [0.717, 1.165) is 6.54 Å². The first-order valence-electron chi connectivity index (χ1n) is 14.7. The first kappa shape index (κ1) is 35.1. The second kappa shape index (κ2) is 20.0. The van der Waals surface area contributed by atoms with E-state index in [-0.39, 0.29) is 17.0 Å². The molecule has 0 aromatic carbocycles. The maximum absolute atomic E-state index is 2.52. The van der Waals surface area contributed by atoms with Crippen LogP contribution in [-0.2, 0) is 26.4 Å². The monoisotopic (exact) mass is 624 g/mol. The van der Waals surface area contributed by atoms with Gasteiger partial charge in [0.2, 0.25) is 6.33 Å². The number of nitrogens with zero attached hydrogens (tertiary/aromatic N) is 3. The molecule has 6 heteroatoms. The molecule has 0 bridgehead atoms. The van der Waals surface area contributed by atoms with Crippen molar-refractivity contribution in [3.63, 3.8) is 0 Å². The van der Waals surface area contributed by atoms with Gasteiger partial charge in [-0.2, -0.15) is 0 Å². The lowest BCUT2D eigenvalue weighted by molar-refractivity contribution is -0.671. The minimum absolute atomic E-state index is 0. The SMILES string of the molecule is Br.CCN(CC)CCCCCCc1cc(C)sc1C.Cc1cc(CCCCCCn2cc[n+](C)c2)c(C)s1. The van der Waals surface area contributed by atoms with Gasteiger partial charge in [-0.3, -0.25) is 0 Å². The number of aryl methyl sites for hydroxylation is 8. The highest BCUT2D eigenvalue weighted by molar-refractivity contribution is 8.93. The van der Waals surface area contributed by atoms with Crippen molar-refractivity contribution >= 4 is 39.7 Å². The van der Waals surface area contributed by atoms with Crippen molar-refractivity contribution in [3.8, 4) is 0 Å². The van der Waals surface area contributed by atoms with Crippen LogP contribution in [0.3, 0.4) is 0 Å². The number of hydrogen-bond donors (Lipinski definition) is 0. The van der Waals surface area contributed by atoms with Crippen LogP contribution in [0.2, 0.25) is 0 Å². The molecule has 3 nitrogen and oxygen atoms in total. The Morgan fingerprint density at radius 1 is 0.737 bits per heavy atom.